The third kappa shape index (κ3) is 3.85. The molecule has 18 heavy (non-hydrogen) atoms. The van der Waals surface area contributed by atoms with Crippen LogP contribution in [-0.2, 0) is 11.3 Å². The molecule has 0 radical (unpaired) electrons. The maximum Gasteiger partial charge on any atom is 0.275 e. The molecule has 0 bridgehead atoms. The smallest absolute Gasteiger partial charge is 0.275 e. The average molecular weight is 253 g/mol. The van der Waals surface area contributed by atoms with Crippen molar-refractivity contribution < 1.29 is 19.0 Å². The van der Waals surface area contributed by atoms with Crippen LogP contribution in [-0.4, -0.2) is 45.2 Å². The fourth-order valence-electron chi connectivity index (χ4n) is 2.38. The Balaban J connectivity index is 1.65. The average Bonchev–Trinajstić information content (AvgIpc) is 2.90. The lowest BCUT2D eigenvalue weighted by atomic mass is 10.3. The molecule has 1 amide bonds. The molecule has 0 aromatic carbocycles. The highest BCUT2D eigenvalue weighted by atomic mass is 16.3. The van der Waals surface area contributed by atoms with Gasteiger partial charge in [0.1, 0.15) is 31.9 Å². The third-order valence-electron chi connectivity index (χ3n) is 3.61. The van der Waals surface area contributed by atoms with E-state index in [1.54, 1.807) is 11.2 Å². The number of likely N-dealkylation sites (N-methyl/N-ethyl adjacent to an activating group) is 1. The topological polar surface area (TPSA) is 51.1 Å². The van der Waals surface area contributed by atoms with Gasteiger partial charge in [-0.15, -0.1) is 0 Å². The monoisotopic (exact) mass is 253 g/mol. The fourth-order valence-corrected chi connectivity index (χ4v) is 2.38. The number of carbonyl (C=O) groups is 1. The summed E-state index contributed by atoms with van der Waals surface area (Å²) in [5.41, 5.74) is 0. The van der Waals surface area contributed by atoms with Crippen LogP contribution in [0.2, 0.25) is 0 Å². The highest BCUT2D eigenvalue weighted by Gasteiger charge is 2.23. The van der Waals surface area contributed by atoms with Crippen molar-refractivity contribution in [2.45, 2.75) is 13.5 Å². The van der Waals surface area contributed by atoms with E-state index in [2.05, 4.69) is 12.2 Å². The van der Waals surface area contributed by atoms with E-state index in [0.29, 0.717) is 13.1 Å². The zero-order valence-corrected chi connectivity index (χ0v) is 11.0. The summed E-state index contributed by atoms with van der Waals surface area (Å²) in [6.45, 7) is 9.03. The van der Waals surface area contributed by atoms with Crippen molar-refractivity contribution in [2.24, 2.45) is 0 Å². The van der Waals surface area contributed by atoms with E-state index in [9.17, 15) is 4.79 Å². The van der Waals surface area contributed by atoms with E-state index in [4.69, 9.17) is 4.42 Å². The van der Waals surface area contributed by atoms with Gasteiger partial charge in [-0.05, 0) is 19.1 Å². The van der Waals surface area contributed by atoms with Gasteiger partial charge in [-0.25, -0.2) is 0 Å². The summed E-state index contributed by atoms with van der Waals surface area (Å²) >= 11 is 0. The van der Waals surface area contributed by atoms with Crippen LogP contribution in [0.4, 0.5) is 0 Å². The SMILES string of the molecule is CC[NH+]1CC[NH+](CC(=O)NCc2ccco2)CC1. The molecule has 0 saturated carbocycles. The minimum atomic E-state index is 0.112. The van der Waals surface area contributed by atoms with Crippen LogP contribution >= 0.6 is 0 Å². The molecule has 1 aliphatic heterocycles. The molecular weight excluding hydrogens is 230 g/mol. The zero-order valence-electron chi connectivity index (χ0n) is 11.0. The van der Waals surface area contributed by atoms with Crippen LogP contribution in [0.15, 0.2) is 22.8 Å². The Hall–Kier alpha value is -1.33. The van der Waals surface area contributed by atoms with Gasteiger partial charge in [0.15, 0.2) is 6.54 Å². The summed E-state index contributed by atoms with van der Waals surface area (Å²) in [5.74, 6) is 0.917. The summed E-state index contributed by atoms with van der Waals surface area (Å²) in [6, 6.07) is 3.70. The lowest BCUT2D eigenvalue weighted by molar-refractivity contribution is -1.01. The predicted molar refractivity (Wildman–Crippen MR) is 67.4 cm³/mol. The Morgan fingerprint density at radius 3 is 2.67 bits per heavy atom. The highest BCUT2D eigenvalue weighted by Crippen LogP contribution is 1.97. The molecule has 0 spiro atoms. The number of quaternary nitrogens is 2. The van der Waals surface area contributed by atoms with Crippen LogP contribution < -0.4 is 15.1 Å². The van der Waals surface area contributed by atoms with Crippen molar-refractivity contribution >= 4 is 5.91 Å². The summed E-state index contributed by atoms with van der Waals surface area (Å²) in [4.78, 5) is 14.8. The van der Waals surface area contributed by atoms with Crippen LogP contribution in [0.3, 0.4) is 0 Å². The van der Waals surface area contributed by atoms with E-state index < -0.39 is 0 Å². The molecule has 1 saturated heterocycles. The summed E-state index contributed by atoms with van der Waals surface area (Å²) in [7, 11) is 0. The number of hydrogen-bond donors (Lipinski definition) is 3. The summed E-state index contributed by atoms with van der Waals surface area (Å²) in [5, 5.41) is 2.90. The lowest BCUT2D eigenvalue weighted by Crippen LogP contribution is -3.28. The Kier molecular flexibility index (Phi) is 4.78. The first kappa shape index (κ1) is 13.1. The predicted octanol–water partition coefficient (Wildman–Crippen LogP) is -2.30. The Morgan fingerprint density at radius 1 is 1.33 bits per heavy atom. The van der Waals surface area contributed by atoms with Crippen LogP contribution in [0.5, 0.6) is 0 Å². The van der Waals surface area contributed by atoms with Crippen molar-refractivity contribution in [3.63, 3.8) is 0 Å². The normalized spacial score (nSPS) is 23.8. The number of carbonyl (C=O) groups excluding carboxylic acids is 1. The lowest BCUT2D eigenvalue weighted by Gasteiger charge is -2.28. The molecule has 0 atom stereocenters. The van der Waals surface area contributed by atoms with Gasteiger partial charge in [0, 0.05) is 0 Å². The van der Waals surface area contributed by atoms with Gasteiger partial charge >= 0.3 is 0 Å². The fraction of sp³-hybridized carbons (Fsp3) is 0.615. The maximum absolute atomic E-state index is 11.8. The van der Waals surface area contributed by atoms with Crippen molar-refractivity contribution in [1.82, 2.24) is 5.32 Å². The second-order valence-corrected chi connectivity index (χ2v) is 4.89. The van der Waals surface area contributed by atoms with Crippen LogP contribution in [0, 0.1) is 0 Å². The quantitative estimate of drug-likeness (QED) is 0.553. The first-order valence-corrected chi connectivity index (χ1v) is 6.74. The van der Waals surface area contributed by atoms with Gasteiger partial charge in [0.05, 0.1) is 19.4 Å². The van der Waals surface area contributed by atoms with E-state index in [1.807, 2.05) is 12.1 Å². The maximum atomic E-state index is 11.8. The van der Waals surface area contributed by atoms with Crippen LogP contribution in [0.25, 0.3) is 0 Å². The van der Waals surface area contributed by atoms with Gasteiger partial charge in [0.25, 0.3) is 5.91 Å². The van der Waals surface area contributed by atoms with Gasteiger partial charge in [0.2, 0.25) is 0 Å². The molecule has 5 heteroatoms. The van der Waals surface area contributed by atoms with Gasteiger partial charge in [-0.3, -0.25) is 4.79 Å². The third-order valence-corrected chi connectivity index (χ3v) is 3.61. The second-order valence-electron chi connectivity index (χ2n) is 4.89. The molecule has 1 aromatic rings. The summed E-state index contributed by atoms with van der Waals surface area (Å²) < 4.78 is 5.18. The Morgan fingerprint density at radius 2 is 2.06 bits per heavy atom. The van der Waals surface area contributed by atoms with E-state index in [0.717, 1.165) is 18.8 Å². The molecule has 0 unspecified atom stereocenters. The molecule has 1 aromatic heterocycles. The summed E-state index contributed by atoms with van der Waals surface area (Å²) in [6.07, 6.45) is 1.62. The number of hydrogen-bond acceptors (Lipinski definition) is 2. The zero-order chi connectivity index (χ0) is 12.8. The number of furan rings is 1. The van der Waals surface area contributed by atoms with Gasteiger partial charge < -0.3 is 19.5 Å². The second kappa shape index (κ2) is 6.56. The van der Waals surface area contributed by atoms with Crippen molar-refractivity contribution in [1.29, 1.82) is 0 Å². The number of rotatable bonds is 5. The molecule has 2 heterocycles. The first-order chi connectivity index (χ1) is 8.78. The highest BCUT2D eigenvalue weighted by molar-refractivity contribution is 5.76. The molecule has 1 aliphatic rings. The minimum absolute atomic E-state index is 0.112. The standard InChI is InChI=1S/C13H21N3O2/c1-2-15-5-7-16(8-6-15)11-13(17)14-10-12-4-3-9-18-12/h3-4,9H,2,5-8,10-11H2,1H3,(H,14,17)/p+2. The Labute approximate surface area is 108 Å². The Bertz CT molecular complexity index is 356. The van der Waals surface area contributed by atoms with Crippen molar-refractivity contribution in [2.75, 3.05) is 39.3 Å². The van der Waals surface area contributed by atoms with Crippen molar-refractivity contribution in [3.8, 4) is 0 Å². The first-order valence-electron chi connectivity index (χ1n) is 6.74. The molecule has 1 fully saturated rings. The molecule has 3 N–H and O–H groups in total. The number of piperazine rings is 1. The van der Waals surface area contributed by atoms with E-state index in [-0.39, 0.29) is 5.91 Å². The number of amides is 1. The largest absolute Gasteiger partial charge is 0.467 e. The molecule has 5 nitrogen and oxygen atoms in total. The minimum Gasteiger partial charge on any atom is -0.467 e. The van der Waals surface area contributed by atoms with Gasteiger partial charge in [-0.2, -0.15) is 0 Å². The molecule has 0 aliphatic carbocycles. The molecular formula is C13H23N3O2+2. The van der Waals surface area contributed by atoms with E-state index >= 15 is 0 Å². The number of nitrogens with one attached hydrogen (secondary N) is 3. The van der Waals surface area contributed by atoms with Crippen LogP contribution in [0.1, 0.15) is 12.7 Å². The van der Waals surface area contributed by atoms with E-state index in [1.165, 1.54) is 24.5 Å². The molecule has 100 valence electrons. The van der Waals surface area contributed by atoms with Gasteiger partial charge in [-0.1, -0.05) is 0 Å². The molecule has 2 rings (SSSR count). The van der Waals surface area contributed by atoms with Crippen molar-refractivity contribution in [3.05, 3.63) is 24.2 Å².